The van der Waals surface area contributed by atoms with Crippen molar-refractivity contribution < 1.29 is 0 Å². The van der Waals surface area contributed by atoms with E-state index in [1.54, 1.807) is 6.20 Å². The SMILES string of the molecule is Ic1ncc(CNc2ccccn2)cn1. The minimum atomic E-state index is 0.688. The molecule has 2 aromatic heterocycles. The second-order valence-corrected chi connectivity index (χ2v) is 3.89. The van der Waals surface area contributed by atoms with Crippen molar-refractivity contribution in [2.75, 3.05) is 5.32 Å². The maximum Gasteiger partial charge on any atom is 0.190 e. The van der Waals surface area contributed by atoms with Crippen LogP contribution in [0.25, 0.3) is 0 Å². The molecule has 0 fully saturated rings. The first-order valence-electron chi connectivity index (χ1n) is 4.46. The second-order valence-electron chi connectivity index (χ2n) is 2.93. The van der Waals surface area contributed by atoms with Gasteiger partial charge in [0.05, 0.1) is 0 Å². The summed E-state index contributed by atoms with van der Waals surface area (Å²) in [7, 11) is 0. The van der Waals surface area contributed by atoms with Crippen LogP contribution in [0.2, 0.25) is 0 Å². The van der Waals surface area contributed by atoms with Gasteiger partial charge in [-0.05, 0) is 12.1 Å². The average molecular weight is 312 g/mol. The minimum Gasteiger partial charge on any atom is -0.366 e. The van der Waals surface area contributed by atoms with Crippen LogP contribution in [-0.2, 0) is 6.54 Å². The molecule has 0 bridgehead atoms. The van der Waals surface area contributed by atoms with Crippen LogP contribution in [0.5, 0.6) is 0 Å². The van der Waals surface area contributed by atoms with Crippen molar-refractivity contribution in [3.8, 4) is 0 Å². The van der Waals surface area contributed by atoms with E-state index < -0.39 is 0 Å². The Morgan fingerprint density at radius 1 is 1.13 bits per heavy atom. The minimum absolute atomic E-state index is 0.688. The Labute approximate surface area is 101 Å². The van der Waals surface area contributed by atoms with Crippen molar-refractivity contribution in [2.24, 2.45) is 0 Å². The van der Waals surface area contributed by atoms with E-state index in [1.165, 1.54) is 0 Å². The van der Waals surface area contributed by atoms with Crippen LogP contribution < -0.4 is 5.32 Å². The van der Waals surface area contributed by atoms with Crippen molar-refractivity contribution in [2.45, 2.75) is 6.54 Å². The number of nitrogens with one attached hydrogen (secondary N) is 1. The lowest BCUT2D eigenvalue weighted by molar-refractivity contribution is 1.01. The largest absolute Gasteiger partial charge is 0.366 e. The molecule has 0 spiro atoms. The molecule has 0 radical (unpaired) electrons. The van der Waals surface area contributed by atoms with E-state index in [2.05, 4.69) is 42.9 Å². The van der Waals surface area contributed by atoms with Gasteiger partial charge >= 0.3 is 0 Å². The highest BCUT2D eigenvalue weighted by Crippen LogP contribution is 2.04. The van der Waals surface area contributed by atoms with Crippen LogP contribution in [-0.4, -0.2) is 15.0 Å². The molecule has 2 heterocycles. The molecule has 0 aliphatic carbocycles. The van der Waals surface area contributed by atoms with Crippen molar-refractivity contribution in [1.29, 1.82) is 0 Å². The van der Waals surface area contributed by atoms with E-state index in [0.29, 0.717) is 6.54 Å². The Morgan fingerprint density at radius 2 is 1.93 bits per heavy atom. The van der Waals surface area contributed by atoms with Crippen LogP contribution >= 0.6 is 22.6 Å². The lowest BCUT2D eigenvalue weighted by Gasteiger charge is -2.03. The molecule has 1 N–H and O–H groups in total. The first-order valence-corrected chi connectivity index (χ1v) is 5.54. The fourth-order valence-corrected chi connectivity index (χ4v) is 1.37. The lowest BCUT2D eigenvalue weighted by atomic mass is 10.3. The third-order valence-corrected chi connectivity index (χ3v) is 2.37. The third kappa shape index (κ3) is 3.12. The van der Waals surface area contributed by atoms with Gasteiger partial charge < -0.3 is 5.32 Å². The Morgan fingerprint density at radius 3 is 2.60 bits per heavy atom. The maximum absolute atomic E-state index is 4.16. The van der Waals surface area contributed by atoms with Crippen LogP contribution in [0, 0.1) is 3.83 Å². The Balaban J connectivity index is 1.96. The summed E-state index contributed by atoms with van der Waals surface area (Å²) in [5.74, 6) is 0.857. The average Bonchev–Trinajstić information content (AvgIpc) is 2.30. The van der Waals surface area contributed by atoms with Crippen LogP contribution in [0.1, 0.15) is 5.56 Å². The first-order chi connectivity index (χ1) is 7.34. The van der Waals surface area contributed by atoms with E-state index in [-0.39, 0.29) is 0 Å². The van der Waals surface area contributed by atoms with Crippen LogP contribution in [0.4, 0.5) is 5.82 Å². The van der Waals surface area contributed by atoms with Gasteiger partial charge in [-0.25, -0.2) is 15.0 Å². The molecule has 0 aromatic carbocycles. The van der Waals surface area contributed by atoms with E-state index >= 15 is 0 Å². The molecular weight excluding hydrogens is 303 g/mol. The van der Waals surface area contributed by atoms with Crippen molar-refractivity contribution >= 4 is 28.4 Å². The molecule has 2 aromatic rings. The zero-order valence-corrected chi connectivity index (χ0v) is 10.0. The van der Waals surface area contributed by atoms with Crippen molar-refractivity contribution in [3.63, 3.8) is 0 Å². The van der Waals surface area contributed by atoms with Gasteiger partial charge in [-0.1, -0.05) is 6.07 Å². The van der Waals surface area contributed by atoms with Gasteiger partial charge in [-0.3, -0.25) is 0 Å². The van der Waals surface area contributed by atoms with Crippen molar-refractivity contribution in [3.05, 3.63) is 46.2 Å². The number of nitrogens with zero attached hydrogens (tertiary/aromatic N) is 3. The lowest BCUT2D eigenvalue weighted by Crippen LogP contribution is -2.02. The van der Waals surface area contributed by atoms with Gasteiger partial charge in [0.2, 0.25) is 0 Å². The van der Waals surface area contributed by atoms with Gasteiger partial charge in [-0.15, -0.1) is 0 Å². The molecule has 0 unspecified atom stereocenters. The number of aromatic nitrogens is 3. The molecule has 0 saturated heterocycles. The van der Waals surface area contributed by atoms with Gasteiger partial charge in [0.15, 0.2) is 3.83 Å². The quantitative estimate of drug-likeness (QED) is 0.696. The van der Waals surface area contributed by atoms with Gasteiger partial charge in [0.25, 0.3) is 0 Å². The Bertz CT molecular complexity index is 415. The highest BCUT2D eigenvalue weighted by atomic mass is 127. The number of halogens is 1. The number of hydrogen-bond donors (Lipinski definition) is 1. The van der Waals surface area contributed by atoms with Crippen LogP contribution in [0.15, 0.2) is 36.8 Å². The van der Waals surface area contributed by atoms with Crippen molar-refractivity contribution in [1.82, 2.24) is 15.0 Å². The molecule has 4 nitrogen and oxygen atoms in total. The Kier molecular flexibility index (Phi) is 3.44. The predicted octanol–water partition coefficient (Wildman–Crippen LogP) is 2.09. The summed E-state index contributed by atoms with van der Waals surface area (Å²) in [6.07, 6.45) is 5.38. The topological polar surface area (TPSA) is 50.7 Å². The summed E-state index contributed by atoms with van der Waals surface area (Å²) in [4.78, 5) is 12.4. The standard InChI is InChI=1S/C10H9IN4/c11-10-14-6-8(7-15-10)5-13-9-3-1-2-4-12-9/h1-4,6-7H,5H2,(H,12,13). The Hall–Kier alpha value is -1.24. The molecule has 15 heavy (non-hydrogen) atoms. The predicted molar refractivity (Wildman–Crippen MR) is 66.3 cm³/mol. The fraction of sp³-hybridized carbons (Fsp3) is 0.100. The van der Waals surface area contributed by atoms with Gasteiger partial charge in [0.1, 0.15) is 5.82 Å². The number of pyridine rings is 1. The van der Waals surface area contributed by atoms with E-state index in [9.17, 15) is 0 Å². The normalized spacial score (nSPS) is 9.93. The number of hydrogen-bond acceptors (Lipinski definition) is 4. The van der Waals surface area contributed by atoms with Crippen LogP contribution in [0.3, 0.4) is 0 Å². The number of anilines is 1. The molecule has 0 amide bonds. The van der Waals surface area contributed by atoms with Gasteiger partial charge in [0, 0.05) is 53.3 Å². The highest BCUT2D eigenvalue weighted by molar-refractivity contribution is 14.1. The fourth-order valence-electron chi connectivity index (χ4n) is 1.09. The summed E-state index contributed by atoms with van der Waals surface area (Å²) >= 11 is 2.08. The summed E-state index contributed by atoms with van der Waals surface area (Å²) in [5.41, 5.74) is 1.04. The molecule has 2 rings (SSSR count). The van der Waals surface area contributed by atoms with E-state index in [0.717, 1.165) is 15.2 Å². The second kappa shape index (κ2) is 5.01. The number of rotatable bonds is 3. The van der Waals surface area contributed by atoms with Gasteiger partial charge in [-0.2, -0.15) is 0 Å². The molecule has 5 heteroatoms. The molecule has 0 aliphatic heterocycles. The smallest absolute Gasteiger partial charge is 0.190 e. The molecule has 0 saturated carbocycles. The van der Waals surface area contributed by atoms with E-state index in [4.69, 9.17) is 0 Å². The maximum atomic E-state index is 4.16. The molecular formula is C10H9IN4. The third-order valence-electron chi connectivity index (χ3n) is 1.81. The molecule has 76 valence electrons. The zero-order valence-electron chi connectivity index (χ0n) is 7.89. The summed E-state index contributed by atoms with van der Waals surface area (Å²) in [6, 6.07) is 5.76. The summed E-state index contributed by atoms with van der Waals surface area (Å²) in [6.45, 7) is 0.688. The summed E-state index contributed by atoms with van der Waals surface area (Å²) < 4.78 is 0.759. The molecule has 0 aliphatic rings. The first kappa shape index (κ1) is 10.3. The monoisotopic (exact) mass is 312 g/mol. The highest BCUT2D eigenvalue weighted by Gasteiger charge is 1.95. The molecule has 0 atom stereocenters. The van der Waals surface area contributed by atoms with E-state index in [1.807, 2.05) is 30.6 Å². The zero-order chi connectivity index (χ0) is 10.5. The summed E-state index contributed by atoms with van der Waals surface area (Å²) in [5, 5.41) is 3.19.